The quantitative estimate of drug-likeness (QED) is 0.855. The zero-order chi connectivity index (χ0) is 16.9. The molecule has 0 aromatic heterocycles. The molecule has 2 aromatic rings. The fourth-order valence-electron chi connectivity index (χ4n) is 2.96. The van der Waals surface area contributed by atoms with Crippen LogP contribution in [0.3, 0.4) is 0 Å². The van der Waals surface area contributed by atoms with E-state index in [1.165, 1.54) is 0 Å². The number of benzene rings is 2. The Morgan fingerprint density at radius 2 is 1.83 bits per heavy atom. The maximum atomic E-state index is 11.8. The van der Waals surface area contributed by atoms with E-state index >= 15 is 0 Å². The van der Waals surface area contributed by atoms with Crippen molar-refractivity contribution in [3.05, 3.63) is 65.7 Å². The van der Waals surface area contributed by atoms with Crippen molar-refractivity contribution >= 4 is 17.5 Å². The second-order valence-electron chi connectivity index (χ2n) is 5.94. The summed E-state index contributed by atoms with van der Waals surface area (Å²) in [4.78, 5) is 25.3. The summed E-state index contributed by atoms with van der Waals surface area (Å²) in [5, 5.41) is 3.19. The Morgan fingerprint density at radius 3 is 2.42 bits per heavy atom. The maximum absolute atomic E-state index is 11.8. The third kappa shape index (κ3) is 3.63. The molecular weight excluding hydrogens is 302 g/mol. The predicted molar refractivity (Wildman–Crippen MR) is 93.2 cm³/mol. The number of nitrogens with zero attached hydrogens (tertiary/aromatic N) is 1. The van der Waals surface area contributed by atoms with Gasteiger partial charge in [0.25, 0.3) is 0 Å². The van der Waals surface area contributed by atoms with E-state index in [-0.39, 0.29) is 5.91 Å². The van der Waals surface area contributed by atoms with Gasteiger partial charge in [0.15, 0.2) is 0 Å². The fraction of sp³-hybridized carbons (Fsp3) is 0.263. The first-order chi connectivity index (χ1) is 11.6. The highest BCUT2D eigenvalue weighted by atomic mass is 16.2. The highest BCUT2D eigenvalue weighted by Crippen LogP contribution is 2.22. The largest absolute Gasteiger partial charge is 0.368 e. The highest BCUT2D eigenvalue weighted by molar-refractivity contribution is 5.95. The molecule has 0 bridgehead atoms. The van der Waals surface area contributed by atoms with Crippen LogP contribution in [0, 0.1) is 0 Å². The van der Waals surface area contributed by atoms with E-state index in [0.717, 1.165) is 29.8 Å². The third-order valence-electron chi connectivity index (χ3n) is 4.25. The molecule has 1 atom stereocenters. The summed E-state index contributed by atoms with van der Waals surface area (Å²) < 4.78 is 0. The second kappa shape index (κ2) is 7.27. The van der Waals surface area contributed by atoms with Crippen LogP contribution >= 0.6 is 0 Å². The van der Waals surface area contributed by atoms with Gasteiger partial charge in [0, 0.05) is 25.2 Å². The average Bonchev–Trinajstić information content (AvgIpc) is 3.02. The lowest BCUT2D eigenvalue weighted by Gasteiger charge is -2.18. The van der Waals surface area contributed by atoms with Gasteiger partial charge in [-0.2, -0.15) is 0 Å². The van der Waals surface area contributed by atoms with E-state index in [1.807, 2.05) is 59.5 Å². The van der Waals surface area contributed by atoms with Crippen molar-refractivity contribution in [3.63, 3.8) is 0 Å². The van der Waals surface area contributed by atoms with Crippen LogP contribution in [-0.2, 0) is 16.1 Å². The Hall–Kier alpha value is -2.66. The molecule has 0 radical (unpaired) electrons. The van der Waals surface area contributed by atoms with Crippen LogP contribution in [-0.4, -0.2) is 18.4 Å². The molecule has 3 N–H and O–H groups in total. The van der Waals surface area contributed by atoms with Crippen molar-refractivity contribution < 1.29 is 9.59 Å². The van der Waals surface area contributed by atoms with Gasteiger partial charge in [-0.15, -0.1) is 0 Å². The normalized spacial score (nSPS) is 15.5. The summed E-state index contributed by atoms with van der Waals surface area (Å²) in [7, 11) is 0. The number of amides is 2. The number of rotatable bonds is 6. The van der Waals surface area contributed by atoms with Crippen molar-refractivity contribution in [2.24, 2.45) is 5.73 Å². The molecular formula is C19H21N3O2. The Morgan fingerprint density at radius 1 is 1.12 bits per heavy atom. The van der Waals surface area contributed by atoms with E-state index < -0.39 is 11.9 Å². The molecule has 0 aliphatic carbocycles. The minimum absolute atomic E-state index is 0.179. The molecule has 3 rings (SSSR count). The third-order valence-corrected chi connectivity index (χ3v) is 4.25. The van der Waals surface area contributed by atoms with E-state index in [4.69, 9.17) is 5.73 Å². The molecule has 124 valence electrons. The Labute approximate surface area is 141 Å². The summed E-state index contributed by atoms with van der Waals surface area (Å²) in [5.74, 6) is -0.223. The molecule has 5 heteroatoms. The van der Waals surface area contributed by atoms with E-state index in [9.17, 15) is 9.59 Å². The molecule has 2 aromatic carbocycles. The molecule has 0 unspecified atom stereocenters. The zero-order valence-corrected chi connectivity index (χ0v) is 13.4. The average molecular weight is 323 g/mol. The maximum Gasteiger partial charge on any atom is 0.239 e. The molecule has 0 spiro atoms. The summed E-state index contributed by atoms with van der Waals surface area (Å²) in [6, 6.07) is 16.7. The van der Waals surface area contributed by atoms with Crippen LogP contribution in [0.2, 0.25) is 0 Å². The Bertz CT molecular complexity index is 713. The van der Waals surface area contributed by atoms with E-state index in [1.54, 1.807) is 0 Å². The Kier molecular flexibility index (Phi) is 4.91. The monoisotopic (exact) mass is 323 g/mol. The number of nitrogens with one attached hydrogen (secondary N) is 1. The molecule has 1 fully saturated rings. The number of hydrogen-bond donors (Lipinski definition) is 2. The first-order valence-corrected chi connectivity index (χ1v) is 8.12. The van der Waals surface area contributed by atoms with Crippen LogP contribution in [0.15, 0.2) is 54.6 Å². The van der Waals surface area contributed by atoms with Crippen LogP contribution in [0.25, 0.3) is 0 Å². The smallest absolute Gasteiger partial charge is 0.239 e. The van der Waals surface area contributed by atoms with Crippen LogP contribution in [0.5, 0.6) is 0 Å². The van der Waals surface area contributed by atoms with Gasteiger partial charge in [0.05, 0.1) is 0 Å². The summed E-state index contributed by atoms with van der Waals surface area (Å²) in [6.45, 7) is 1.31. The van der Waals surface area contributed by atoms with Gasteiger partial charge in [-0.3, -0.25) is 14.9 Å². The number of nitrogens with two attached hydrogens (primary N) is 1. The fourth-order valence-corrected chi connectivity index (χ4v) is 2.96. The van der Waals surface area contributed by atoms with Gasteiger partial charge in [-0.1, -0.05) is 42.5 Å². The number of hydrogen-bond acceptors (Lipinski definition) is 3. The molecule has 24 heavy (non-hydrogen) atoms. The number of anilines is 1. The van der Waals surface area contributed by atoms with Gasteiger partial charge in [0.1, 0.15) is 6.04 Å². The number of primary amides is 1. The minimum atomic E-state index is -0.522. The van der Waals surface area contributed by atoms with Crippen molar-refractivity contribution in [2.75, 3.05) is 11.4 Å². The summed E-state index contributed by atoms with van der Waals surface area (Å²) in [6.07, 6.45) is 1.54. The summed E-state index contributed by atoms with van der Waals surface area (Å²) in [5.41, 5.74) is 8.32. The lowest BCUT2D eigenvalue weighted by atomic mass is 10.1. The topological polar surface area (TPSA) is 75.4 Å². The molecule has 1 aliphatic heterocycles. The zero-order valence-electron chi connectivity index (χ0n) is 13.4. The van der Waals surface area contributed by atoms with Gasteiger partial charge >= 0.3 is 0 Å². The first kappa shape index (κ1) is 16.2. The van der Waals surface area contributed by atoms with Crippen molar-refractivity contribution in [1.29, 1.82) is 0 Å². The molecule has 2 amide bonds. The number of carbonyl (C=O) groups is 2. The van der Waals surface area contributed by atoms with Crippen LogP contribution in [0.4, 0.5) is 5.69 Å². The molecule has 5 nitrogen and oxygen atoms in total. The molecule has 0 saturated carbocycles. The van der Waals surface area contributed by atoms with Crippen molar-refractivity contribution in [3.8, 4) is 0 Å². The predicted octanol–water partition coefficient (Wildman–Crippen LogP) is 2.13. The van der Waals surface area contributed by atoms with Crippen molar-refractivity contribution in [1.82, 2.24) is 5.32 Å². The van der Waals surface area contributed by atoms with Crippen molar-refractivity contribution in [2.45, 2.75) is 25.4 Å². The summed E-state index contributed by atoms with van der Waals surface area (Å²) >= 11 is 0. The minimum Gasteiger partial charge on any atom is -0.368 e. The van der Waals surface area contributed by atoms with Crippen LogP contribution < -0.4 is 16.0 Å². The lowest BCUT2D eigenvalue weighted by molar-refractivity contribution is -0.120. The lowest BCUT2D eigenvalue weighted by Crippen LogP contribution is -2.33. The second-order valence-corrected chi connectivity index (χ2v) is 5.94. The van der Waals surface area contributed by atoms with Gasteiger partial charge < -0.3 is 10.6 Å². The SMILES string of the molecule is NC(=O)[C@H](NCc1ccc(N2CCCC2=O)cc1)c1ccccc1. The first-order valence-electron chi connectivity index (χ1n) is 8.12. The highest BCUT2D eigenvalue weighted by Gasteiger charge is 2.21. The molecule has 1 aliphatic rings. The Balaban J connectivity index is 1.65. The van der Waals surface area contributed by atoms with E-state index in [2.05, 4.69) is 5.32 Å². The van der Waals surface area contributed by atoms with Crippen LogP contribution in [0.1, 0.15) is 30.0 Å². The standard InChI is InChI=1S/C19H21N3O2/c20-19(24)18(15-5-2-1-3-6-15)21-13-14-8-10-16(11-9-14)22-12-4-7-17(22)23/h1-3,5-6,8-11,18,21H,4,7,12-13H2,(H2,20,24)/t18-/m1/s1. The van der Waals surface area contributed by atoms with Gasteiger partial charge in [-0.25, -0.2) is 0 Å². The van der Waals surface area contributed by atoms with Gasteiger partial charge in [0.2, 0.25) is 11.8 Å². The molecule has 1 heterocycles. The van der Waals surface area contributed by atoms with Gasteiger partial charge in [-0.05, 0) is 29.7 Å². The molecule has 1 saturated heterocycles. The van der Waals surface area contributed by atoms with E-state index in [0.29, 0.717) is 13.0 Å². The number of carbonyl (C=O) groups excluding carboxylic acids is 2.